The van der Waals surface area contributed by atoms with Crippen LogP contribution in [0, 0.1) is 6.92 Å². The van der Waals surface area contributed by atoms with Crippen LogP contribution in [0.2, 0.25) is 0 Å². The number of benzene rings is 2. The number of nitrogens with zero attached hydrogens (tertiary/aromatic N) is 1. The molecule has 3 heteroatoms. The molecule has 0 aliphatic heterocycles. The van der Waals surface area contributed by atoms with Gasteiger partial charge in [-0.3, -0.25) is 0 Å². The first-order chi connectivity index (χ1) is 8.76. The molecule has 0 spiro atoms. The Balaban J connectivity index is 2.13. The maximum Gasteiger partial charge on any atom is 0.227 e. The fourth-order valence-corrected chi connectivity index (χ4v) is 2.11. The molecule has 1 heterocycles. The predicted molar refractivity (Wildman–Crippen MR) is 73.7 cm³/mol. The average Bonchev–Trinajstić information content (AvgIpc) is 2.81. The van der Waals surface area contributed by atoms with Gasteiger partial charge in [0.2, 0.25) is 5.89 Å². The predicted octanol–water partition coefficient (Wildman–Crippen LogP) is 4.54. The lowest BCUT2D eigenvalue weighted by molar-refractivity contribution is 0.619. The number of oxazole rings is 1. The van der Waals surface area contributed by atoms with Crippen molar-refractivity contribution in [3.8, 4) is 11.5 Å². The number of hydrogen-bond acceptors (Lipinski definition) is 2. The molecule has 0 bridgehead atoms. The molecule has 0 fully saturated rings. The largest absolute Gasteiger partial charge is 0.436 e. The van der Waals surface area contributed by atoms with Gasteiger partial charge in [-0.2, -0.15) is 0 Å². The smallest absolute Gasteiger partial charge is 0.227 e. The van der Waals surface area contributed by atoms with Crippen LogP contribution in [0.5, 0.6) is 0 Å². The van der Waals surface area contributed by atoms with Crippen LogP contribution in [0.4, 0.5) is 0 Å². The summed E-state index contributed by atoms with van der Waals surface area (Å²) in [6, 6.07) is 13.9. The third kappa shape index (κ3) is 2.00. The summed E-state index contributed by atoms with van der Waals surface area (Å²) in [7, 11) is 0. The molecular weight excluding hydrogens is 246 g/mol. The number of rotatable bonds is 2. The molecule has 0 amide bonds. The molecule has 0 unspecified atom stereocenters. The highest BCUT2D eigenvalue weighted by atomic mass is 35.5. The molecule has 1 aromatic heterocycles. The van der Waals surface area contributed by atoms with Crippen molar-refractivity contribution < 1.29 is 4.42 Å². The summed E-state index contributed by atoms with van der Waals surface area (Å²) in [5.41, 5.74) is 4.90. The fraction of sp³-hybridized carbons (Fsp3) is 0.133. The van der Waals surface area contributed by atoms with E-state index in [1.54, 1.807) is 0 Å². The van der Waals surface area contributed by atoms with Crippen LogP contribution in [0.25, 0.3) is 22.6 Å². The van der Waals surface area contributed by atoms with Gasteiger partial charge in [-0.05, 0) is 42.3 Å². The highest BCUT2D eigenvalue weighted by Crippen LogP contribution is 2.25. The Kier molecular flexibility index (Phi) is 2.80. The summed E-state index contributed by atoms with van der Waals surface area (Å²) < 4.78 is 5.75. The minimum absolute atomic E-state index is 0.493. The Labute approximate surface area is 110 Å². The van der Waals surface area contributed by atoms with Crippen LogP contribution >= 0.6 is 11.6 Å². The third-order valence-electron chi connectivity index (χ3n) is 2.87. The van der Waals surface area contributed by atoms with E-state index >= 15 is 0 Å². The Morgan fingerprint density at radius 1 is 1.17 bits per heavy atom. The first-order valence-corrected chi connectivity index (χ1v) is 6.32. The van der Waals surface area contributed by atoms with E-state index in [1.165, 1.54) is 5.56 Å². The van der Waals surface area contributed by atoms with Crippen molar-refractivity contribution in [3.05, 3.63) is 53.6 Å². The lowest BCUT2D eigenvalue weighted by Crippen LogP contribution is -1.81. The van der Waals surface area contributed by atoms with Gasteiger partial charge in [0.25, 0.3) is 0 Å². The van der Waals surface area contributed by atoms with E-state index in [0.29, 0.717) is 11.8 Å². The second kappa shape index (κ2) is 4.46. The summed E-state index contributed by atoms with van der Waals surface area (Å²) in [5.74, 6) is 1.13. The van der Waals surface area contributed by atoms with E-state index in [-0.39, 0.29) is 0 Å². The molecule has 0 atom stereocenters. The molecule has 0 aliphatic carbocycles. The maximum absolute atomic E-state index is 5.83. The molecule has 0 saturated carbocycles. The van der Waals surface area contributed by atoms with Crippen molar-refractivity contribution in [2.24, 2.45) is 0 Å². The van der Waals surface area contributed by atoms with Gasteiger partial charge in [0.05, 0.1) is 0 Å². The number of aryl methyl sites for hydroxylation is 1. The van der Waals surface area contributed by atoms with Gasteiger partial charge in [0.15, 0.2) is 5.58 Å². The van der Waals surface area contributed by atoms with Crippen molar-refractivity contribution >= 4 is 22.7 Å². The zero-order valence-corrected chi connectivity index (χ0v) is 10.7. The Morgan fingerprint density at radius 3 is 2.89 bits per heavy atom. The molecule has 18 heavy (non-hydrogen) atoms. The molecule has 2 nitrogen and oxygen atoms in total. The highest BCUT2D eigenvalue weighted by Gasteiger charge is 2.08. The van der Waals surface area contributed by atoms with E-state index in [0.717, 1.165) is 22.2 Å². The second-order valence-corrected chi connectivity index (χ2v) is 4.59. The molecule has 2 aromatic carbocycles. The number of aromatic nitrogens is 1. The van der Waals surface area contributed by atoms with Gasteiger partial charge in [-0.15, -0.1) is 11.6 Å². The quantitative estimate of drug-likeness (QED) is 0.630. The summed E-state index contributed by atoms with van der Waals surface area (Å²) in [6.45, 7) is 2.04. The van der Waals surface area contributed by atoms with Crippen molar-refractivity contribution in [2.75, 3.05) is 0 Å². The number of fused-ring (bicyclic) bond motifs is 1. The van der Waals surface area contributed by atoms with Gasteiger partial charge < -0.3 is 4.42 Å². The van der Waals surface area contributed by atoms with E-state index in [9.17, 15) is 0 Å². The zero-order chi connectivity index (χ0) is 12.5. The summed E-state index contributed by atoms with van der Waals surface area (Å²) in [6.07, 6.45) is 0. The number of hydrogen-bond donors (Lipinski definition) is 0. The van der Waals surface area contributed by atoms with Gasteiger partial charge in [-0.25, -0.2) is 4.98 Å². The van der Waals surface area contributed by atoms with E-state index in [4.69, 9.17) is 16.0 Å². The van der Waals surface area contributed by atoms with Crippen LogP contribution in [0.3, 0.4) is 0 Å². The summed E-state index contributed by atoms with van der Waals surface area (Å²) >= 11 is 5.83. The summed E-state index contributed by atoms with van der Waals surface area (Å²) in [5, 5.41) is 0. The molecule has 3 aromatic rings. The topological polar surface area (TPSA) is 26.0 Å². The van der Waals surface area contributed by atoms with Crippen LogP contribution in [-0.2, 0) is 5.88 Å². The van der Waals surface area contributed by atoms with Gasteiger partial charge in [0.1, 0.15) is 5.52 Å². The van der Waals surface area contributed by atoms with E-state index in [2.05, 4.69) is 4.98 Å². The van der Waals surface area contributed by atoms with Crippen LogP contribution in [0.15, 0.2) is 46.9 Å². The molecule has 90 valence electrons. The number of halogens is 1. The Bertz CT molecular complexity index is 703. The fourth-order valence-electron chi connectivity index (χ4n) is 1.95. The molecule has 0 radical (unpaired) electrons. The minimum Gasteiger partial charge on any atom is -0.436 e. The highest BCUT2D eigenvalue weighted by molar-refractivity contribution is 6.17. The Morgan fingerprint density at radius 2 is 2.06 bits per heavy atom. The molecule has 0 saturated heterocycles. The number of alkyl halides is 1. The van der Waals surface area contributed by atoms with E-state index in [1.807, 2.05) is 49.4 Å². The zero-order valence-electron chi connectivity index (χ0n) is 9.98. The second-order valence-electron chi connectivity index (χ2n) is 4.32. The standard InChI is InChI=1S/C15H12ClNO/c1-10-5-6-14-13(7-10)17-15(18-14)12-4-2-3-11(8-12)9-16/h2-8H,9H2,1H3. The van der Waals surface area contributed by atoms with E-state index < -0.39 is 0 Å². The van der Waals surface area contributed by atoms with Crippen LogP contribution < -0.4 is 0 Å². The normalized spacial score (nSPS) is 11.0. The monoisotopic (exact) mass is 257 g/mol. The SMILES string of the molecule is Cc1ccc2oc(-c3cccc(CCl)c3)nc2c1. The van der Waals surface area contributed by atoms with Crippen molar-refractivity contribution in [3.63, 3.8) is 0 Å². The molecule has 0 N–H and O–H groups in total. The Hall–Kier alpha value is -1.80. The minimum atomic E-state index is 0.493. The van der Waals surface area contributed by atoms with Crippen molar-refractivity contribution in [1.82, 2.24) is 4.98 Å². The first kappa shape index (κ1) is 11.3. The maximum atomic E-state index is 5.83. The summed E-state index contributed by atoms with van der Waals surface area (Å²) in [4.78, 5) is 4.51. The molecular formula is C15H12ClNO. The van der Waals surface area contributed by atoms with Crippen molar-refractivity contribution in [1.29, 1.82) is 0 Å². The van der Waals surface area contributed by atoms with Gasteiger partial charge in [-0.1, -0.05) is 18.2 Å². The van der Waals surface area contributed by atoms with Gasteiger partial charge >= 0.3 is 0 Å². The lowest BCUT2D eigenvalue weighted by Gasteiger charge is -1.97. The van der Waals surface area contributed by atoms with Gasteiger partial charge in [0, 0.05) is 11.4 Å². The van der Waals surface area contributed by atoms with Crippen LogP contribution in [0.1, 0.15) is 11.1 Å². The first-order valence-electron chi connectivity index (χ1n) is 5.79. The third-order valence-corrected chi connectivity index (χ3v) is 3.18. The van der Waals surface area contributed by atoms with Crippen LogP contribution in [-0.4, -0.2) is 4.98 Å². The molecule has 3 rings (SSSR count). The molecule has 0 aliphatic rings. The lowest BCUT2D eigenvalue weighted by atomic mass is 10.1. The average molecular weight is 258 g/mol. The van der Waals surface area contributed by atoms with Crippen molar-refractivity contribution in [2.45, 2.75) is 12.8 Å².